The van der Waals surface area contributed by atoms with Crippen LogP contribution in [0, 0.1) is 20.8 Å². The van der Waals surface area contributed by atoms with E-state index in [-0.39, 0.29) is 29.8 Å². The van der Waals surface area contributed by atoms with Crippen LogP contribution < -0.4 is 11.4 Å². The number of piperidine rings is 1. The smallest absolute Gasteiger partial charge is 0.345 e. The second-order valence-electron chi connectivity index (χ2n) is 13.0. The SMILES string of the molecule is Cc1ccc(S(=O)(=O)OC[C@@H](F)Cn2nc(C)n(C)c2=O)cc1.Cc1nn(C[C@H](F)CN2C3CCC2CC(OCc2cccs2)C3)c(=O)n1C. The molecule has 0 aliphatic carbocycles. The fraction of sp³-hybridized carbons (Fsp3) is 0.576. The molecular weight excluding hydrogens is 693 g/mol. The van der Waals surface area contributed by atoms with Crippen molar-refractivity contribution in [1.29, 1.82) is 0 Å². The number of aryl methyl sites for hydroxylation is 3. The first-order chi connectivity index (χ1) is 23.7. The third-order valence-electron chi connectivity index (χ3n) is 9.26. The normalized spacial score (nSPS) is 20.4. The van der Waals surface area contributed by atoms with E-state index < -0.39 is 34.8 Å². The first-order valence-electron chi connectivity index (χ1n) is 16.6. The predicted octanol–water partition coefficient (Wildman–Crippen LogP) is 3.44. The predicted molar refractivity (Wildman–Crippen MR) is 184 cm³/mol. The Morgan fingerprint density at radius 2 is 1.42 bits per heavy atom. The number of aromatic nitrogens is 6. The third-order valence-corrected chi connectivity index (χ3v) is 11.4. The Bertz CT molecular complexity index is 1930. The van der Waals surface area contributed by atoms with Crippen molar-refractivity contribution in [2.45, 2.75) is 102 Å². The molecule has 3 aromatic heterocycles. The number of nitrogens with zero attached hydrogens (tertiary/aromatic N) is 7. The van der Waals surface area contributed by atoms with E-state index in [1.165, 1.54) is 37.9 Å². The highest BCUT2D eigenvalue weighted by Gasteiger charge is 2.42. The number of benzene rings is 1. The van der Waals surface area contributed by atoms with Crippen molar-refractivity contribution in [2.75, 3.05) is 13.2 Å². The van der Waals surface area contributed by atoms with Crippen LogP contribution in [0.25, 0.3) is 0 Å². The highest BCUT2D eigenvalue weighted by molar-refractivity contribution is 7.86. The minimum atomic E-state index is -4.03. The molecule has 2 aliphatic heterocycles. The Morgan fingerprint density at radius 1 is 0.860 bits per heavy atom. The molecule has 274 valence electrons. The fourth-order valence-corrected chi connectivity index (χ4v) is 7.89. The van der Waals surface area contributed by atoms with E-state index in [0.29, 0.717) is 36.9 Å². The summed E-state index contributed by atoms with van der Waals surface area (Å²) < 4.78 is 68.3. The highest BCUT2D eigenvalue weighted by Crippen LogP contribution is 2.37. The zero-order valence-electron chi connectivity index (χ0n) is 28.9. The second kappa shape index (κ2) is 16.2. The van der Waals surface area contributed by atoms with Crippen LogP contribution in [0.3, 0.4) is 0 Å². The molecule has 13 nitrogen and oxygen atoms in total. The molecule has 2 fully saturated rings. The number of ether oxygens (including phenoxy) is 1. The molecule has 6 rings (SSSR count). The van der Waals surface area contributed by atoms with E-state index in [1.54, 1.807) is 44.4 Å². The number of alkyl halides is 2. The van der Waals surface area contributed by atoms with Crippen LogP contribution in [-0.4, -0.2) is 85.7 Å². The highest BCUT2D eigenvalue weighted by atomic mass is 32.2. The molecular formula is C33H45F2N7O6S2. The summed E-state index contributed by atoms with van der Waals surface area (Å²) in [6.07, 6.45) is 1.65. The van der Waals surface area contributed by atoms with Crippen LogP contribution in [0.4, 0.5) is 8.78 Å². The number of hydrogen-bond donors (Lipinski definition) is 0. The second-order valence-corrected chi connectivity index (χ2v) is 15.6. The number of halogens is 2. The van der Waals surface area contributed by atoms with Crippen LogP contribution in [0.1, 0.15) is 47.8 Å². The van der Waals surface area contributed by atoms with E-state index >= 15 is 0 Å². The molecule has 4 aromatic rings. The topological polar surface area (TPSA) is 135 Å². The summed E-state index contributed by atoms with van der Waals surface area (Å²) in [5, 5.41) is 10.1. The molecule has 0 spiro atoms. The lowest BCUT2D eigenvalue weighted by atomic mass is 9.99. The van der Waals surface area contributed by atoms with Crippen LogP contribution in [0.15, 0.2) is 56.3 Å². The van der Waals surface area contributed by atoms with Gasteiger partial charge in [-0.05, 0) is 70.0 Å². The third kappa shape index (κ3) is 9.23. The molecule has 2 saturated heterocycles. The Morgan fingerprint density at radius 3 is 1.92 bits per heavy atom. The molecule has 0 amide bonds. The Kier molecular flexibility index (Phi) is 12.2. The van der Waals surface area contributed by atoms with Crippen LogP contribution in [-0.2, 0) is 52.8 Å². The average molecular weight is 738 g/mol. The van der Waals surface area contributed by atoms with E-state index in [2.05, 4.69) is 26.5 Å². The summed E-state index contributed by atoms with van der Waals surface area (Å²) in [5.41, 5.74) is 0.183. The van der Waals surface area contributed by atoms with E-state index in [0.717, 1.165) is 35.9 Å². The zero-order valence-corrected chi connectivity index (χ0v) is 30.6. The van der Waals surface area contributed by atoms with Crippen molar-refractivity contribution in [2.24, 2.45) is 14.1 Å². The summed E-state index contributed by atoms with van der Waals surface area (Å²) in [7, 11) is -0.848. The van der Waals surface area contributed by atoms with Crippen molar-refractivity contribution in [3.05, 3.63) is 84.8 Å². The summed E-state index contributed by atoms with van der Waals surface area (Å²) >= 11 is 1.72. The van der Waals surface area contributed by atoms with Gasteiger partial charge in [0.15, 0.2) is 0 Å². The molecule has 2 aliphatic rings. The quantitative estimate of drug-likeness (QED) is 0.189. The largest absolute Gasteiger partial charge is 0.373 e. The number of thiophene rings is 1. The van der Waals surface area contributed by atoms with Crippen molar-refractivity contribution < 1.29 is 26.1 Å². The standard InChI is InChI=1S/C19H27FN4O2S.C14H18FN3O4S/c1-13-21-24(19(25)22(13)2)11-14(20)10-23-15-5-6-16(23)9-17(8-15)26-12-18-4-3-7-27-18;1-10-4-6-13(7-5-10)23(20,21)22-9-12(15)8-18-14(19)17(3)11(2)16-18/h3-4,7,14-17H,5-6,8-12H2,1-2H3;4-7,12H,8-9H2,1-3H3/t14-,15?,16?,17?;12-/m10/s1. The van der Waals surface area contributed by atoms with E-state index in [4.69, 9.17) is 8.92 Å². The van der Waals surface area contributed by atoms with Gasteiger partial charge in [-0.3, -0.25) is 18.2 Å². The molecule has 1 aromatic carbocycles. The molecule has 2 unspecified atom stereocenters. The van der Waals surface area contributed by atoms with Crippen LogP contribution in [0.5, 0.6) is 0 Å². The maximum atomic E-state index is 14.7. The molecule has 0 saturated carbocycles. The van der Waals surface area contributed by atoms with Gasteiger partial charge in [0.25, 0.3) is 10.1 Å². The Labute approximate surface area is 294 Å². The lowest BCUT2D eigenvalue weighted by Crippen LogP contribution is -2.48. The van der Waals surface area contributed by atoms with E-state index in [1.807, 2.05) is 13.0 Å². The van der Waals surface area contributed by atoms with Crippen LogP contribution in [0.2, 0.25) is 0 Å². The van der Waals surface area contributed by atoms with Gasteiger partial charge in [0.05, 0.1) is 37.3 Å². The van der Waals surface area contributed by atoms with Crippen molar-refractivity contribution in [3.63, 3.8) is 0 Å². The number of hydrogen-bond acceptors (Lipinski definition) is 10. The fourth-order valence-electron chi connectivity index (χ4n) is 6.33. The van der Waals surface area contributed by atoms with Crippen molar-refractivity contribution >= 4 is 21.5 Å². The number of rotatable bonds is 13. The minimum Gasteiger partial charge on any atom is -0.373 e. The maximum absolute atomic E-state index is 14.7. The van der Waals surface area contributed by atoms with Crippen LogP contribution >= 0.6 is 11.3 Å². The molecule has 5 heterocycles. The summed E-state index contributed by atoms with van der Waals surface area (Å²) in [6, 6.07) is 11.0. The molecule has 0 N–H and O–H groups in total. The lowest BCUT2D eigenvalue weighted by Gasteiger charge is -2.39. The Balaban J connectivity index is 0.000000197. The minimum absolute atomic E-state index is 0.0226. The number of fused-ring (bicyclic) bond motifs is 2. The van der Waals surface area contributed by atoms with Gasteiger partial charge in [0.1, 0.15) is 24.0 Å². The van der Waals surface area contributed by atoms with Gasteiger partial charge in [-0.15, -0.1) is 11.3 Å². The van der Waals surface area contributed by atoms with Gasteiger partial charge >= 0.3 is 11.4 Å². The Hall–Kier alpha value is -3.51. The van der Waals surface area contributed by atoms with Gasteiger partial charge in [-0.1, -0.05) is 23.8 Å². The van der Waals surface area contributed by atoms with Crippen molar-refractivity contribution in [3.8, 4) is 0 Å². The summed E-state index contributed by atoms with van der Waals surface area (Å²) in [6.45, 7) is 5.21. The molecule has 0 radical (unpaired) electrons. The van der Waals surface area contributed by atoms with Gasteiger partial charge < -0.3 is 4.74 Å². The van der Waals surface area contributed by atoms with Gasteiger partial charge in [-0.25, -0.2) is 27.7 Å². The lowest BCUT2D eigenvalue weighted by molar-refractivity contribution is -0.0334. The average Bonchev–Trinajstić information content (AvgIpc) is 3.80. The summed E-state index contributed by atoms with van der Waals surface area (Å²) in [5.74, 6) is 1.05. The van der Waals surface area contributed by atoms with Gasteiger partial charge in [0, 0.05) is 37.6 Å². The molecule has 50 heavy (non-hydrogen) atoms. The molecule has 4 atom stereocenters. The van der Waals surface area contributed by atoms with Crippen molar-refractivity contribution in [1.82, 2.24) is 33.6 Å². The van der Waals surface area contributed by atoms with Gasteiger partial charge in [-0.2, -0.15) is 18.6 Å². The summed E-state index contributed by atoms with van der Waals surface area (Å²) in [4.78, 5) is 27.3. The molecule has 2 bridgehead atoms. The first kappa shape index (κ1) is 37.7. The van der Waals surface area contributed by atoms with Gasteiger partial charge in [0.2, 0.25) is 0 Å². The molecule has 17 heteroatoms. The zero-order chi connectivity index (χ0) is 36.2. The maximum Gasteiger partial charge on any atom is 0.345 e. The van der Waals surface area contributed by atoms with E-state index in [9.17, 15) is 26.8 Å². The monoisotopic (exact) mass is 737 g/mol. The first-order valence-corrected chi connectivity index (χ1v) is 18.9.